The van der Waals surface area contributed by atoms with Crippen molar-refractivity contribution in [3.05, 3.63) is 30.4 Å². The molecule has 0 radical (unpaired) electrons. The summed E-state index contributed by atoms with van der Waals surface area (Å²) in [6.45, 7) is 3.46. The smallest absolute Gasteiger partial charge is 0.237 e. The van der Waals surface area contributed by atoms with Gasteiger partial charge in [-0.15, -0.1) is 0 Å². The SMILES string of the molecule is CCCNC(=O)[C@@H]1CC[C@H](c2cc(N)n3ncc(-c4cnn(C)c4)c3n2)CN1. The molecule has 1 aliphatic rings. The Morgan fingerprint density at radius 3 is 2.89 bits per heavy atom. The van der Waals surface area contributed by atoms with Gasteiger partial charge >= 0.3 is 0 Å². The minimum atomic E-state index is -0.134. The molecule has 1 aliphatic heterocycles. The molecule has 3 aromatic rings. The first-order chi connectivity index (χ1) is 13.6. The van der Waals surface area contributed by atoms with Gasteiger partial charge in [0.25, 0.3) is 0 Å². The number of amides is 1. The van der Waals surface area contributed by atoms with E-state index in [1.807, 2.05) is 26.2 Å². The van der Waals surface area contributed by atoms with E-state index < -0.39 is 0 Å². The van der Waals surface area contributed by atoms with E-state index >= 15 is 0 Å². The lowest BCUT2D eigenvalue weighted by atomic mass is 9.91. The van der Waals surface area contributed by atoms with Gasteiger partial charge in [0.15, 0.2) is 5.65 Å². The molecule has 3 aromatic heterocycles. The Morgan fingerprint density at radius 1 is 1.36 bits per heavy atom. The molecule has 2 atom stereocenters. The van der Waals surface area contributed by atoms with Crippen LogP contribution in [0.15, 0.2) is 24.7 Å². The Hall–Kier alpha value is -2.94. The summed E-state index contributed by atoms with van der Waals surface area (Å²) in [6.07, 6.45) is 8.10. The zero-order valence-electron chi connectivity index (χ0n) is 16.2. The van der Waals surface area contributed by atoms with Gasteiger partial charge in [0.2, 0.25) is 5.91 Å². The van der Waals surface area contributed by atoms with Crippen LogP contribution < -0.4 is 16.4 Å². The van der Waals surface area contributed by atoms with Gasteiger partial charge in [-0.25, -0.2) is 4.98 Å². The quantitative estimate of drug-likeness (QED) is 0.608. The standard InChI is InChI=1S/C19H26N8O/c1-3-6-21-19(28)15-5-4-12(8-22-15)16-7-17(20)27-18(25-16)14(10-24-27)13-9-23-26(2)11-13/h7,9-12,15,22H,3-6,8,20H2,1-2H3,(H,21,28)/t12-,15-/m0/s1. The number of rotatable bonds is 5. The number of nitrogen functional groups attached to an aromatic ring is 1. The second-order valence-electron chi connectivity index (χ2n) is 7.33. The van der Waals surface area contributed by atoms with Crippen molar-refractivity contribution in [1.29, 1.82) is 0 Å². The summed E-state index contributed by atoms with van der Waals surface area (Å²) in [6, 6.07) is 1.75. The van der Waals surface area contributed by atoms with Gasteiger partial charge in [-0.2, -0.15) is 14.7 Å². The van der Waals surface area contributed by atoms with E-state index in [0.717, 1.165) is 41.7 Å². The Labute approximate surface area is 163 Å². The van der Waals surface area contributed by atoms with Crippen LogP contribution in [-0.4, -0.2) is 49.4 Å². The first-order valence-corrected chi connectivity index (χ1v) is 9.71. The molecule has 28 heavy (non-hydrogen) atoms. The molecular formula is C19H26N8O. The van der Waals surface area contributed by atoms with Crippen LogP contribution in [-0.2, 0) is 11.8 Å². The number of anilines is 1. The first kappa shape index (κ1) is 18.4. The number of carbonyl (C=O) groups is 1. The summed E-state index contributed by atoms with van der Waals surface area (Å²) in [4.78, 5) is 17.0. The number of aromatic nitrogens is 5. The lowest BCUT2D eigenvalue weighted by Gasteiger charge is -2.29. The normalized spacial score (nSPS) is 19.8. The molecule has 0 bridgehead atoms. The van der Waals surface area contributed by atoms with Crippen molar-refractivity contribution in [2.75, 3.05) is 18.8 Å². The molecule has 148 valence electrons. The number of nitrogens with one attached hydrogen (secondary N) is 2. The maximum Gasteiger partial charge on any atom is 0.237 e. The van der Waals surface area contributed by atoms with Gasteiger partial charge in [0.05, 0.1) is 24.1 Å². The van der Waals surface area contributed by atoms with E-state index in [-0.39, 0.29) is 17.9 Å². The third-order valence-corrected chi connectivity index (χ3v) is 5.23. The molecule has 0 spiro atoms. The van der Waals surface area contributed by atoms with E-state index in [9.17, 15) is 4.79 Å². The summed E-state index contributed by atoms with van der Waals surface area (Å²) in [5, 5.41) is 14.9. The van der Waals surface area contributed by atoms with E-state index in [2.05, 4.69) is 20.8 Å². The van der Waals surface area contributed by atoms with Gasteiger partial charge < -0.3 is 16.4 Å². The third kappa shape index (κ3) is 3.45. The van der Waals surface area contributed by atoms with Crippen molar-refractivity contribution in [1.82, 2.24) is 35.0 Å². The van der Waals surface area contributed by atoms with Crippen LogP contribution in [0.1, 0.15) is 37.8 Å². The topological polar surface area (TPSA) is 115 Å². The molecule has 0 aromatic carbocycles. The van der Waals surface area contributed by atoms with Gasteiger partial charge in [0.1, 0.15) is 5.82 Å². The number of nitrogens with two attached hydrogens (primary N) is 1. The molecule has 4 heterocycles. The van der Waals surface area contributed by atoms with Gasteiger partial charge in [-0.1, -0.05) is 6.92 Å². The molecule has 1 saturated heterocycles. The van der Waals surface area contributed by atoms with Crippen LogP contribution in [0.3, 0.4) is 0 Å². The molecule has 9 heteroatoms. The average molecular weight is 382 g/mol. The fourth-order valence-corrected chi connectivity index (χ4v) is 3.68. The molecule has 0 saturated carbocycles. The van der Waals surface area contributed by atoms with Crippen LogP contribution in [0.4, 0.5) is 5.82 Å². The number of fused-ring (bicyclic) bond motifs is 1. The van der Waals surface area contributed by atoms with Crippen LogP contribution in [0.5, 0.6) is 0 Å². The maximum absolute atomic E-state index is 12.2. The monoisotopic (exact) mass is 382 g/mol. The summed E-state index contributed by atoms with van der Waals surface area (Å²) in [5.41, 5.74) is 9.76. The van der Waals surface area contributed by atoms with Crippen molar-refractivity contribution in [3.8, 4) is 11.1 Å². The molecule has 4 rings (SSSR count). The second-order valence-corrected chi connectivity index (χ2v) is 7.33. The predicted octanol–water partition coefficient (Wildman–Crippen LogP) is 1.07. The van der Waals surface area contributed by atoms with Gasteiger partial charge in [0, 0.05) is 49.4 Å². The molecule has 9 nitrogen and oxygen atoms in total. The Kier molecular flexibility index (Phi) is 4.99. The summed E-state index contributed by atoms with van der Waals surface area (Å²) < 4.78 is 3.41. The molecular weight excluding hydrogens is 356 g/mol. The Balaban J connectivity index is 1.56. The number of hydrogen-bond acceptors (Lipinski definition) is 6. The number of aryl methyl sites for hydroxylation is 1. The molecule has 0 unspecified atom stereocenters. The summed E-state index contributed by atoms with van der Waals surface area (Å²) in [7, 11) is 1.88. The van der Waals surface area contributed by atoms with Crippen molar-refractivity contribution < 1.29 is 4.79 Å². The van der Waals surface area contributed by atoms with Crippen LogP contribution in [0, 0.1) is 0 Å². The summed E-state index contributed by atoms with van der Waals surface area (Å²) in [5.74, 6) is 0.843. The van der Waals surface area contributed by atoms with Crippen molar-refractivity contribution in [2.45, 2.75) is 38.1 Å². The zero-order chi connectivity index (χ0) is 19.7. The highest BCUT2D eigenvalue weighted by atomic mass is 16.2. The Bertz CT molecular complexity index is 983. The highest BCUT2D eigenvalue weighted by Crippen LogP contribution is 2.29. The highest BCUT2D eigenvalue weighted by molar-refractivity contribution is 5.81. The second kappa shape index (κ2) is 7.59. The number of hydrogen-bond donors (Lipinski definition) is 3. The number of nitrogens with zero attached hydrogens (tertiary/aromatic N) is 5. The van der Waals surface area contributed by atoms with Gasteiger partial charge in [-0.3, -0.25) is 9.48 Å². The average Bonchev–Trinajstić information content (AvgIpc) is 3.32. The molecule has 0 aliphatic carbocycles. The summed E-state index contributed by atoms with van der Waals surface area (Å²) >= 11 is 0. The minimum absolute atomic E-state index is 0.0814. The molecule has 1 fully saturated rings. The first-order valence-electron chi connectivity index (χ1n) is 9.71. The highest BCUT2D eigenvalue weighted by Gasteiger charge is 2.28. The zero-order valence-corrected chi connectivity index (χ0v) is 16.2. The maximum atomic E-state index is 12.2. The van der Waals surface area contributed by atoms with Gasteiger partial charge in [-0.05, 0) is 19.3 Å². The lowest BCUT2D eigenvalue weighted by molar-refractivity contribution is -0.123. The Morgan fingerprint density at radius 2 is 2.21 bits per heavy atom. The lowest BCUT2D eigenvalue weighted by Crippen LogP contribution is -2.48. The van der Waals surface area contributed by atoms with Crippen molar-refractivity contribution >= 4 is 17.4 Å². The van der Waals surface area contributed by atoms with Crippen molar-refractivity contribution in [3.63, 3.8) is 0 Å². The third-order valence-electron chi connectivity index (χ3n) is 5.23. The van der Waals surface area contributed by atoms with E-state index in [1.54, 1.807) is 21.6 Å². The number of carbonyl (C=O) groups excluding carboxylic acids is 1. The van der Waals surface area contributed by atoms with Crippen LogP contribution in [0.25, 0.3) is 16.8 Å². The largest absolute Gasteiger partial charge is 0.384 e. The predicted molar refractivity (Wildman–Crippen MR) is 107 cm³/mol. The fourth-order valence-electron chi connectivity index (χ4n) is 3.68. The van der Waals surface area contributed by atoms with Crippen LogP contribution >= 0.6 is 0 Å². The van der Waals surface area contributed by atoms with Crippen molar-refractivity contribution in [2.24, 2.45) is 7.05 Å². The van der Waals surface area contributed by atoms with E-state index in [4.69, 9.17) is 10.7 Å². The fraction of sp³-hybridized carbons (Fsp3) is 0.474. The minimum Gasteiger partial charge on any atom is -0.384 e. The van der Waals surface area contributed by atoms with E-state index in [0.29, 0.717) is 18.9 Å². The molecule has 1 amide bonds. The van der Waals surface area contributed by atoms with E-state index in [1.165, 1.54) is 0 Å². The molecule has 4 N–H and O–H groups in total. The van der Waals surface area contributed by atoms with Crippen LogP contribution in [0.2, 0.25) is 0 Å². The number of piperidine rings is 1.